The van der Waals surface area contributed by atoms with E-state index in [0.717, 1.165) is 22.2 Å². The van der Waals surface area contributed by atoms with Crippen LogP contribution in [0, 0.1) is 6.92 Å². The predicted molar refractivity (Wildman–Crippen MR) is 127 cm³/mol. The van der Waals surface area contributed by atoms with Gasteiger partial charge in [0.15, 0.2) is 0 Å². The largest absolute Gasteiger partial charge is 0.350 e. The maximum atomic E-state index is 13.0. The zero-order valence-electron chi connectivity index (χ0n) is 17.8. The van der Waals surface area contributed by atoms with E-state index in [9.17, 15) is 8.42 Å². The summed E-state index contributed by atoms with van der Waals surface area (Å²) in [6.07, 6.45) is 2.43. The Morgan fingerprint density at radius 2 is 1.75 bits per heavy atom. The second-order valence-corrected chi connectivity index (χ2v) is 10.1. The molecule has 4 aromatic rings. The van der Waals surface area contributed by atoms with Crippen LogP contribution in [0.25, 0.3) is 22.0 Å². The molecule has 3 aromatic carbocycles. The average molecular weight is 445 g/mol. The van der Waals surface area contributed by atoms with Gasteiger partial charge in [0.25, 0.3) is 0 Å². The molecule has 1 saturated heterocycles. The lowest BCUT2D eigenvalue weighted by Gasteiger charge is -2.17. The first-order chi connectivity index (χ1) is 15.5. The van der Waals surface area contributed by atoms with Crippen molar-refractivity contribution in [2.45, 2.75) is 24.3 Å². The number of nitrogens with zero attached hydrogens (tertiary/aromatic N) is 3. The SMILES string of the molecule is Cc1ccc(S(=O)(=O)N2CCC(Nc3nccc(-c4ccc5ccccc5c4)n3)C2)cc1. The minimum absolute atomic E-state index is 0.0397. The Balaban J connectivity index is 1.31. The van der Waals surface area contributed by atoms with E-state index in [-0.39, 0.29) is 6.04 Å². The highest BCUT2D eigenvalue weighted by molar-refractivity contribution is 7.89. The molecule has 0 amide bonds. The van der Waals surface area contributed by atoms with Crippen LogP contribution in [0.5, 0.6) is 0 Å². The minimum atomic E-state index is -3.50. The summed E-state index contributed by atoms with van der Waals surface area (Å²) >= 11 is 0. The summed E-state index contributed by atoms with van der Waals surface area (Å²) in [5, 5.41) is 5.67. The van der Waals surface area contributed by atoms with Gasteiger partial charge in [0.05, 0.1) is 10.6 Å². The molecule has 1 atom stereocenters. The summed E-state index contributed by atoms with van der Waals surface area (Å²) < 4.78 is 27.4. The van der Waals surface area contributed by atoms with E-state index in [1.54, 1.807) is 18.3 Å². The fourth-order valence-corrected chi connectivity index (χ4v) is 5.54. The van der Waals surface area contributed by atoms with Crippen molar-refractivity contribution in [1.82, 2.24) is 14.3 Å². The Labute approximate surface area is 188 Å². The number of rotatable bonds is 5. The molecule has 1 aliphatic heterocycles. The molecule has 5 rings (SSSR count). The van der Waals surface area contributed by atoms with Gasteiger partial charge >= 0.3 is 0 Å². The summed E-state index contributed by atoms with van der Waals surface area (Å²) in [5.41, 5.74) is 2.88. The quantitative estimate of drug-likeness (QED) is 0.491. The van der Waals surface area contributed by atoms with Crippen molar-refractivity contribution in [3.8, 4) is 11.3 Å². The van der Waals surface area contributed by atoms with Crippen LogP contribution in [0.3, 0.4) is 0 Å². The van der Waals surface area contributed by atoms with Crippen LogP contribution in [0.1, 0.15) is 12.0 Å². The van der Waals surface area contributed by atoms with Gasteiger partial charge in [-0.05, 0) is 48.4 Å². The van der Waals surface area contributed by atoms with Crippen molar-refractivity contribution in [3.05, 3.63) is 84.6 Å². The Morgan fingerprint density at radius 1 is 0.969 bits per heavy atom. The molecular formula is C25H24N4O2S. The van der Waals surface area contributed by atoms with Crippen molar-refractivity contribution in [1.29, 1.82) is 0 Å². The second-order valence-electron chi connectivity index (χ2n) is 8.13. The Hall–Kier alpha value is -3.29. The molecule has 6 nitrogen and oxygen atoms in total. The fraction of sp³-hybridized carbons (Fsp3) is 0.200. The lowest BCUT2D eigenvalue weighted by molar-refractivity contribution is 0.474. The predicted octanol–water partition coefficient (Wildman–Crippen LogP) is 4.48. The van der Waals surface area contributed by atoms with Gasteiger partial charge in [-0.1, -0.05) is 54.1 Å². The number of hydrogen-bond acceptors (Lipinski definition) is 5. The summed E-state index contributed by atoms with van der Waals surface area (Å²) in [6, 6.07) is 23.3. The molecular weight excluding hydrogens is 420 g/mol. The smallest absolute Gasteiger partial charge is 0.243 e. The molecule has 0 aliphatic carbocycles. The normalized spacial score (nSPS) is 17.0. The van der Waals surface area contributed by atoms with Gasteiger partial charge in [-0.15, -0.1) is 0 Å². The van der Waals surface area contributed by atoms with Gasteiger partial charge in [0, 0.05) is 30.9 Å². The molecule has 0 bridgehead atoms. The molecule has 1 fully saturated rings. The Bertz CT molecular complexity index is 1370. The first-order valence-corrected chi connectivity index (χ1v) is 12.1. The van der Waals surface area contributed by atoms with Gasteiger partial charge in [0.1, 0.15) is 0 Å². The van der Waals surface area contributed by atoms with Crippen LogP contribution in [0.4, 0.5) is 5.95 Å². The zero-order valence-corrected chi connectivity index (χ0v) is 18.6. The molecule has 0 radical (unpaired) electrons. The molecule has 32 heavy (non-hydrogen) atoms. The third kappa shape index (κ3) is 4.09. The van der Waals surface area contributed by atoms with Crippen LogP contribution in [0.15, 0.2) is 83.9 Å². The molecule has 1 N–H and O–H groups in total. The maximum Gasteiger partial charge on any atom is 0.243 e. The molecule has 0 saturated carbocycles. The monoisotopic (exact) mass is 444 g/mol. The van der Waals surface area contributed by atoms with Gasteiger partial charge in [-0.2, -0.15) is 4.31 Å². The van der Waals surface area contributed by atoms with Crippen molar-refractivity contribution < 1.29 is 8.42 Å². The Kier molecular flexibility index (Phi) is 5.36. The van der Waals surface area contributed by atoms with E-state index in [4.69, 9.17) is 0 Å². The molecule has 2 heterocycles. The van der Waals surface area contributed by atoms with E-state index < -0.39 is 10.0 Å². The van der Waals surface area contributed by atoms with Crippen molar-refractivity contribution in [2.75, 3.05) is 18.4 Å². The van der Waals surface area contributed by atoms with Crippen LogP contribution < -0.4 is 5.32 Å². The molecule has 1 unspecified atom stereocenters. The number of aromatic nitrogens is 2. The molecule has 1 aliphatic rings. The first kappa shape index (κ1) is 20.6. The van der Waals surface area contributed by atoms with Gasteiger partial charge in [0.2, 0.25) is 16.0 Å². The maximum absolute atomic E-state index is 13.0. The van der Waals surface area contributed by atoms with E-state index in [1.807, 2.05) is 37.3 Å². The van der Waals surface area contributed by atoms with E-state index >= 15 is 0 Å². The van der Waals surface area contributed by atoms with Crippen LogP contribution in [0.2, 0.25) is 0 Å². The van der Waals surface area contributed by atoms with Crippen LogP contribution in [-0.4, -0.2) is 41.8 Å². The van der Waals surface area contributed by atoms with Gasteiger partial charge in [-0.3, -0.25) is 0 Å². The number of aryl methyl sites for hydroxylation is 1. The topological polar surface area (TPSA) is 75.2 Å². The van der Waals surface area contributed by atoms with Crippen molar-refractivity contribution in [3.63, 3.8) is 0 Å². The third-order valence-electron chi connectivity index (χ3n) is 5.84. The van der Waals surface area contributed by atoms with E-state index in [0.29, 0.717) is 30.4 Å². The number of benzene rings is 3. The number of fused-ring (bicyclic) bond motifs is 1. The summed E-state index contributed by atoms with van der Waals surface area (Å²) in [4.78, 5) is 9.37. The highest BCUT2D eigenvalue weighted by Crippen LogP contribution is 2.25. The lowest BCUT2D eigenvalue weighted by atomic mass is 10.1. The number of anilines is 1. The number of hydrogen-bond donors (Lipinski definition) is 1. The van der Waals surface area contributed by atoms with Crippen molar-refractivity contribution >= 4 is 26.7 Å². The second kappa shape index (κ2) is 8.33. The highest BCUT2D eigenvalue weighted by Gasteiger charge is 2.32. The van der Waals surface area contributed by atoms with E-state index in [2.05, 4.69) is 45.6 Å². The van der Waals surface area contributed by atoms with Crippen LogP contribution in [-0.2, 0) is 10.0 Å². The summed E-state index contributed by atoms with van der Waals surface area (Å²) in [5.74, 6) is 0.509. The minimum Gasteiger partial charge on any atom is -0.350 e. The fourth-order valence-electron chi connectivity index (χ4n) is 4.04. The number of sulfonamides is 1. The summed E-state index contributed by atoms with van der Waals surface area (Å²) in [6.45, 7) is 2.80. The van der Waals surface area contributed by atoms with Gasteiger partial charge < -0.3 is 5.32 Å². The molecule has 1 aromatic heterocycles. The van der Waals surface area contributed by atoms with Crippen LogP contribution >= 0.6 is 0 Å². The third-order valence-corrected chi connectivity index (χ3v) is 7.72. The van der Waals surface area contributed by atoms with Crippen molar-refractivity contribution in [2.24, 2.45) is 0 Å². The lowest BCUT2D eigenvalue weighted by Crippen LogP contribution is -2.32. The van der Waals surface area contributed by atoms with E-state index in [1.165, 1.54) is 9.69 Å². The molecule has 162 valence electrons. The summed E-state index contributed by atoms with van der Waals surface area (Å²) in [7, 11) is -3.50. The zero-order chi connectivity index (χ0) is 22.1. The van der Waals surface area contributed by atoms with Gasteiger partial charge in [-0.25, -0.2) is 18.4 Å². The average Bonchev–Trinajstić information content (AvgIpc) is 3.28. The Morgan fingerprint density at radius 3 is 2.56 bits per heavy atom. The first-order valence-electron chi connectivity index (χ1n) is 10.6. The highest BCUT2D eigenvalue weighted by atomic mass is 32.2. The number of nitrogens with one attached hydrogen (secondary N) is 1. The molecule has 0 spiro atoms. The molecule has 7 heteroatoms. The standard InChI is InChI=1S/C25H24N4O2S/c1-18-6-10-23(11-7-18)32(30,31)29-15-13-22(17-29)27-25-26-14-12-24(28-25)21-9-8-19-4-2-3-5-20(19)16-21/h2-12,14,16,22H,13,15,17H2,1H3,(H,26,27,28).